The molecule has 2 aromatic rings. The van der Waals surface area contributed by atoms with E-state index in [1.54, 1.807) is 49.4 Å². The van der Waals surface area contributed by atoms with Gasteiger partial charge in [0.2, 0.25) is 0 Å². The number of allylic oxidation sites excluding steroid dienone is 2. The van der Waals surface area contributed by atoms with Crippen molar-refractivity contribution in [1.29, 1.82) is 0 Å². The maximum Gasteiger partial charge on any atom is 0.316 e. The molecule has 6 nitrogen and oxygen atoms in total. The summed E-state index contributed by atoms with van der Waals surface area (Å²) >= 11 is 1.65. The minimum atomic E-state index is -0.743. The van der Waals surface area contributed by atoms with Crippen LogP contribution in [-0.2, 0) is 19.1 Å². The zero-order valence-electron chi connectivity index (χ0n) is 18.9. The van der Waals surface area contributed by atoms with E-state index < -0.39 is 23.8 Å². The van der Waals surface area contributed by atoms with E-state index >= 15 is 0 Å². The van der Waals surface area contributed by atoms with Crippen molar-refractivity contribution >= 4 is 29.1 Å². The topological polar surface area (TPSA) is 81.7 Å². The number of rotatable bonds is 5. The molecular weight excluding hydrogens is 438 g/mol. The first-order valence-corrected chi connectivity index (χ1v) is 11.9. The Morgan fingerprint density at radius 3 is 2.48 bits per heavy atom. The first-order chi connectivity index (χ1) is 15.7. The Balaban J connectivity index is 1.77. The predicted octanol–water partition coefficient (Wildman–Crippen LogP) is 4.84. The first kappa shape index (κ1) is 23.0. The zero-order chi connectivity index (χ0) is 23.7. The lowest BCUT2D eigenvalue weighted by molar-refractivity contribution is -0.151. The monoisotopic (exact) mass is 465 g/mol. The van der Waals surface area contributed by atoms with E-state index in [9.17, 15) is 14.4 Å². The first-order valence-electron chi connectivity index (χ1n) is 11.0. The molecular formula is C26H27NO5S. The van der Waals surface area contributed by atoms with Crippen LogP contribution in [0.3, 0.4) is 0 Å². The van der Waals surface area contributed by atoms with Crippen molar-refractivity contribution in [1.82, 2.24) is 5.32 Å². The van der Waals surface area contributed by atoms with Crippen LogP contribution in [0.25, 0.3) is 0 Å². The molecule has 2 heterocycles. The van der Waals surface area contributed by atoms with Crippen LogP contribution in [0.15, 0.2) is 65.3 Å². The van der Waals surface area contributed by atoms with Crippen LogP contribution in [-0.4, -0.2) is 23.8 Å². The Bertz CT molecular complexity index is 1110. The van der Waals surface area contributed by atoms with Crippen molar-refractivity contribution < 1.29 is 23.9 Å². The van der Waals surface area contributed by atoms with Gasteiger partial charge in [0.25, 0.3) is 0 Å². The Hall–Kier alpha value is -3.19. The van der Waals surface area contributed by atoms with Crippen molar-refractivity contribution in [3.05, 3.63) is 75.8 Å². The standard InChI is InChI=1S/C26H27NO5S/c1-14(2)31-26(30)23-15(3)27-20-12-18(22-6-5-11-33-22)13-21(29)25(20)24(23)17-7-9-19(10-8-17)32-16(4)28/h5-11,14,18,23-24,27H,3,12-13H2,1-2,4H3. The number of ketones is 1. The SMILES string of the molecule is C=C1NC2=C(C(=O)CC(c3cccs3)C2)C(c2ccc(OC(C)=O)cc2)C1C(=O)OC(C)C. The average molecular weight is 466 g/mol. The molecule has 3 unspecified atom stereocenters. The van der Waals surface area contributed by atoms with Crippen molar-refractivity contribution in [2.45, 2.75) is 51.6 Å². The van der Waals surface area contributed by atoms with Crippen LogP contribution in [0.5, 0.6) is 5.75 Å². The van der Waals surface area contributed by atoms with Gasteiger partial charge >= 0.3 is 11.9 Å². The van der Waals surface area contributed by atoms with Crippen LogP contribution >= 0.6 is 11.3 Å². The molecule has 0 amide bonds. The van der Waals surface area contributed by atoms with E-state index in [1.807, 2.05) is 11.4 Å². The number of hydrogen-bond acceptors (Lipinski definition) is 7. The van der Waals surface area contributed by atoms with E-state index in [2.05, 4.69) is 18.0 Å². The third-order valence-corrected chi connectivity index (χ3v) is 6.93. The molecule has 1 N–H and O–H groups in total. The molecule has 0 fully saturated rings. The normalized spacial score (nSPS) is 22.6. The van der Waals surface area contributed by atoms with E-state index in [0.29, 0.717) is 29.9 Å². The van der Waals surface area contributed by atoms with Crippen molar-refractivity contribution in [2.75, 3.05) is 0 Å². The number of carbonyl (C=O) groups is 3. The van der Waals surface area contributed by atoms with Crippen LogP contribution in [0.1, 0.15) is 55.9 Å². The largest absolute Gasteiger partial charge is 0.462 e. The number of Topliss-reactive ketones (excluding diaryl/α,β-unsaturated/α-hetero) is 1. The van der Waals surface area contributed by atoms with Gasteiger partial charge in [-0.15, -0.1) is 11.3 Å². The lowest BCUT2D eigenvalue weighted by Gasteiger charge is -2.40. The Kier molecular flexibility index (Phi) is 6.51. The Morgan fingerprint density at radius 2 is 1.88 bits per heavy atom. The lowest BCUT2D eigenvalue weighted by Crippen LogP contribution is -2.42. The Labute approximate surface area is 197 Å². The third kappa shape index (κ3) is 4.78. The molecule has 2 aliphatic rings. The fourth-order valence-corrected chi connectivity index (χ4v) is 5.46. The number of ether oxygens (including phenoxy) is 2. The number of carbonyl (C=O) groups excluding carboxylic acids is 3. The molecule has 1 aliphatic heterocycles. The second kappa shape index (κ2) is 9.35. The van der Waals surface area contributed by atoms with Gasteiger partial charge in [-0.3, -0.25) is 14.4 Å². The van der Waals surface area contributed by atoms with Gasteiger partial charge in [-0.05, 0) is 49.4 Å². The lowest BCUT2D eigenvalue weighted by atomic mass is 9.69. The summed E-state index contributed by atoms with van der Waals surface area (Å²) in [6.07, 6.45) is 0.772. The number of benzene rings is 1. The van der Waals surface area contributed by atoms with E-state index in [1.165, 1.54) is 11.8 Å². The van der Waals surface area contributed by atoms with Crippen LogP contribution in [0, 0.1) is 5.92 Å². The van der Waals surface area contributed by atoms with Gasteiger partial charge in [-0.2, -0.15) is 0 Å². The number of hydrogen-bond donors (Lipinski definition) is 1. The molecule has 1 aromatic carbocycles. The molecule has 0 saturated heterocycles. The fraction of sp³-hybridized carbons (Fsp3) is 0.346. The minimum absolute atomic E-state index is 0.0195. The predicted molar refractivity (Wildman–Crippen MR) is 126 cm³/mol. The van der Waals surface area contributed by atoms with Crippen molar-refractivity contribution in [3.63, 3.8) is 0 Å². The maximum atomic E-state index is 13.5. The molecule has 3 atom stereocenters. The summed E-state index contributed by atoms with van der Waals surface area (Å²) < 4.78 is 10.7. The van der Waals surface area contributed by atoms with Crippen molar-refractivity contribution in [2.24, 2.45) is 5.92 Å². The fourth-order valence-electron chi connectivity index (χ4n) is 4.63. The van der Waals surface area contributed by atoms with Gasteiger partial charge in [0.1, 0.15) is 11.7 Å². The highest BCUT2D eigenvalue weighted by molar-refractivity contribution is 7.10. The van der Waals surface area contributed by atoms with Crippen molar-refractivity contribution in [3.8, 4) is 5.75 Å². The summed E-state index contributed by atoms with van der Waals surface area (Å²) in [4.78, 5) is 39.1. The minimum Gasteiger partial charge on any atom is -0.462 e. The summed E-state index contributed by atoms with van der Waals surface area (Å²) in [5.74, 6) is -1.58. The molecule has 0 spiro atoms. The Morgan fingerprint density at radius 1 is 1.15 bits per heavy atom. The van der Waals surface area contributed by atoms with Gasteiger partial charge in [0, 0.05) is 47.0 Å². The highest BCUT2D eigenvalue weighted by atomic mass is 32.1. The zero-order valence-corrected chi connectivity index (χ0v) is 19.7. The number of nitrogens with one attached hydrogen (secondary N) is 1. The van der Waals surface area contributed by atoms with E-state index in [0.717, 1.165) is 11.3 Å². The molecule has 0 saturated carbocycles. The third-order valence-electron chi connectivity index (χ3n) is 5.89. The van der Waals surface area contributed by atoms with Gasteiger partial charge < -0.3 is 14.8 Å². The smallest absolute Gasteiger partial charge is 0.316 e. The highest BCUT2D eigenvalue weighted by Gasteiger charge is 2.45. The summed E-state index contributed by atoms with van der Waals surface area (Å²) in [6.45, 7) is 9.06. The second-order valence-corrected chi connectivity index (χ2v) is 9.67. The van der Waals surface area contributed by atoms with E-state index in [4.69, 9.17) is 9.47 Å². The van der Waals surface area contributed by atoms with Crippen LogP contribution in [0.2, 0.25) is 0 Å². The van der Waals surface area contributed by atoms with Crippen LogP contribution < -0.4 is 10.1 Å². The quantitative estimate of drug-likeness (QED) is 0.503. The summed E-state index contributed by atoms with van der Waals surface area (Å²) in [7, 11) is 0. The van der Waals surface area contributed by atoms with Gasteiger partial charge in [-0.1, -0.05) is 24.8 Å². The maximum absolute atomic E-state index is 13.5. The molecule has 33 heavy (non-hydrogen) atoms. The molecule has 7 heteroatoms. The highest BCUT2D eigenvalue weighted by Crippen LogP contribution is 2.47. The summed E-state index contributed by atoms with van der Waals surface area (Å²) in [6, 6.07) is 11.0. The van der Waals surface area contributed by atoms with E-state index in [-0.39, 0.29) is 17.8 Å². The molecule has 1 aliphatic carbocycles. The van der Waals surface area contributed by atoms with Gasteiger partial charge in [-0.25, -0.2) is 0 Å². The number of esters is 2. The van der Waals surface area contributed by atoms with Crippen LogP contribution in [0.4, 0.5) is 0 Å². The molecule has 172 valence electrons. The second-order valence-electron chi connectivity index (χ2n) is 8.69. The summed E-state index contributed by atoms with van der Waals surface area (Å²) in [5.41, 5.74) is 2.72. The number of thiophene rings is 1. The summed E-state index contributed by atoms with van der Waals surface area (Å²) in [5, 5.41) is 5.30. The average Bonchev–Trinajstić information content (AvgIpc) is 3.27. The molecule has 0 bridgehead atoms. The molecule has 0 radical (unpaired) electrons. The van der Waals surface area contributed by atoms with Gasteiger partial charge in [0.05, 0.1) is 6.10 Å². The van der Waals surface area contributed by atoms with Gasteiger partial charge in [0.15, 0.2) is 5.78 Å². The molecule has 4 rings (SSSR count). The molecule has 1 aromatic heterocycles.